The lowest BCUT2D eigenvalue weighted by Gasteiger charge is -2.02. The minimum Gasteiger partial charge on any atom is -0.267 e. The third-order valence-electron chi connectivity index (χ3n) is 0.958. The summed E-state index contributed by atoms with van der Waals surface area (Å²) in [6.45, 7) is 0. The maximum absolute atomic E-state index is 10.8. The van der Waals surface area contributed by atoms with Crippen LogP contribution in [0.4, 0.5) is 5.82 Å². The van der Waals surface area contributed by atoms with Gasteiger partial charge < -0.3 is 0 Å². The molecule has 1 rings (SSSR count). The van der Waals surface area contributed by atoms with Gasteiger partial charge in [0.2, 0.25) is 15.3 Å². The standard InChI is InChI=1S/C5H5Cl2N3O2S/c1-13(11,12)10-4-2-3(6)8-5(7)9-4/h2H,1H3,(H,8,9,10). The highest BCUT2D eigenvalue weighted by atomic mass is 35.5. The number of nitrogens with zero attached hydrogens (tertiary/aromatic N) is 2. The summed E-state index contributed by atoms with van der Waals surface area (Å²) in [6.07, 6.45) is 0.997. The Labute approximate surface area is 85.2 Å². The third-order valence-corrected chi connectivity index (χ3v) is 1.90. The molecule has 1 aromatic heterocycles. The highest BCUT2D eigenvalue weighted by molar-refractivity contribution is 7.92. The Kier molecular flexibility index (Phi) is 2.94. The van der Waals surface area contributed by atoms with Crippen molar-refractivity contribution in [1.29, 1.82) is 0 Å². The number of hydrogen-bond acceptors (Lipinski definition) is 4. The zero-order valence-electron chi connectivity index (χ0n) is 6.45. The summed E-state index contributed by atoms with van der Waals surface area (Å²) >= 11 is 10.9. The van der Waals surface area contributed by atoms with Gasteiger partial charge in [-0.2, -0.15) is 4.98 Å². The zero-order chi connectivity index (χ0) is 10.1. The van der Waals surface area contributed by atoms with E-state index in [4.69, 9.17) is 23.2 Å². The van der Waals surface area contributed by atoms with E-state index in [1.807, 2.05) is 0 Å². The van der Waals surface area contributed by atoms with Crippen molar-refractivity contribution in [3.63, 3.8) is 0 Å². The van der Waals surface area contributed by atoms with Crippen LogP contribution in [-0.4, -0.2) is 24.6 Å². The second-order valence-corrected chi connectivity index (χ2v) is 4.69. The van der Waals surface area contributed by atoms with Crippen LogP contribution in [0.25, 0.3) is 0 Å². The van der Waals surface area contributed by atoms with E-state index in [9.17, 15) is 8.42 Å². The predicted octanol–water partition coefficient (Wildman–Crippen LogP) is 1.15. The molecule has 13 heavy (non-hydrogen) atoms. The molecule has 0 radical (unpaired) electrons. The van der Waals surface area contributed by atoms with Gasteiger partial charge in [-0.15, -0.1) is 0 Å². The van der Waals surface area contributed by atoms with Crippen LogP contribution < -0.4 is 4.72 Å². The van der Waals surface area contributed by atoms with Gasteiger partial charge in [-0.1, -0.05) is 11.6 Å². The molecular formula is C5H5Cl2N3O2S. The largest absolute Gasteiger partial charge is 0.267 e. The van der Waals surface area contributed by atoms with E-state index in [0.717, 1.165) is 6.26 Å². The first-order valence-electron chi connectivity index (χ1n) is 3.05. The molecule has 0 bridgehead atoms. The summed E-state index contributed by atoms with van der Waals surface area (Å²) in [5.74, 6) is 0.0486. The van der Waals surface area contributed by atoms with Crippen LogP contribution in [0.3, 0.4) is 0 Å². The number of nitrogens with one attached hydrogen (secondary N) is 1. The average molecular weight is 242 g/mol. The van der Waals surface area contributed by atoms with Crippen LogP contribution in [0.2, 0.25) is 10.4 Å². The molecule has 0 spiro atoms. The molecule has 0 saturated heterocycles. The second-order valence-electron chi connectivity index (χ2n) is 2.22. The maximum atomic E-state index is 10.8. The van der Waals surface area contributed by atoms with Gasteiger partial charge in [-0.3, -0.25) is 4.72 Å². The number of anilines is 1. The van der Waals surface area contributed by atoms with Crippen LogP contribution in [-0.2, 0) is 10.0 Å². The molecule has 8 heteroatoms. The van der Waals surface area contributed by atoms with Gasteiger partial charge >= 0.3 is 0 Å². The molecule has 0 amide bonds. The zero-order valence-corrected chi connectivity index (χ0v) is 8.78. The molecule has 72 valence electrons. The normalized spacial score (nSPS) is 11.3. The van der Waals surface area contributed by atoms with Crippen molar-refractivity contribution in [3.05, 3.63) is 16.5 Å². The first kappa shape index (κ1) is 10.5. The average Bonchev–Trinajstić information content (AvgIpc) is 1.78. The van der Waals surface area contributed by atoms with Crippen molar-refractivity contribution in [3.8, 4) is 0 Å². The Balaban J connectivity index is 3.03. The molecule has 0 aliphatic rings. The van der Waals surface area contributed by atoms with Crippen molar-refractivity contribution in [2.45, 2.75) is 0 Å². The van der Waals surface area contributed by atoms with Crippen molar-refractivity contribution >= 4 is 39.0 Å². The first-order chi connectivity index (χ1) is 5.87. The van der Waals surface area contributed by atoms with Gasteiger partial charge in [0.15, 0.2) is 0 Å². The number of aromatic nitrogens is 2. The molecule has 0 atom stereocenters. The van der Waals surface area contributed by atoms with Gasteiger partial charge in [-0.05, 0) is 11.6 Å². The number of rotatable bonds is 2. The van der Waals surface area contributed by atoms with Gasteiger partial charge in [-0.25, -0.2) is 13.4 Å². The van der Waals surface area contributed by atoms with Crippen LogP contribution in [0.5, 0.6) is 0 Å². The van der Waals surface area contributed by atoms with Gasteiger partial charge in [0, 0.05) is 6.07 Å². The summed E-state index contributed by atoms with van der Waals surface area (Å²) in [4.78, 5) is 7.15. The van der Waals surface area contributed by atoms with E-state index in [0.29, 0.717) is 0 Å². The van der Waals surface area contributed by atoms with Crippen molar-refractivity contribution in [2.24, 2.45) is 0 Å². The van der Waals surface area contributed by atoms with Gasteiger partial charge in [0.05, 0.1) is 6.26 Å². The summed E-state index contributed by atoms with van der Waals surface area (Å²) in [5, 5.41) is -0.0372. The van der Waals surface area contributed by atoms with Crippen molar-refractivity contribution in [2.75, 3.05) is 11.0 Å². The highest BCUT2D eigenvalue weighted by Gasteiger charge is 2.05. The molecule has 0 aliphatic heterocycles. The summed E-state index contributed by atoms with van der Waals surface area (Å²) < 4.78 is 23.6. The van der Waals surface area contributed by atoms with Gasteiger partial charge in [0.1, 0.15) is 11.0 Å². The molecular weight excluding hydrogens is 237 g/mol. The van der Waals surface area contributed by atoms with E-state index in [1.54, 1.807) is 0 Å². The van der Waals surface area contributed by atoms with Crippen molar-refractivity contribution < 1.29 is 8.42 Å². The Bertz CT molecular complexity index is 400. The third kappa shape index (κ3) is 3.75. The fourth-order valence-corrected chi connectivity index (χ4v) is 1.53. The van der Waals surface area contributed by atoms with E-state index in [1.165, 1.54) is 6.07 Å². The maximum Gasteiger partial charge on any atom is 0.230 e. The minimum atomic E-state index is -3.37. The fraction of sp³-hybridized carbons (Fsp3) is 0.200. The molecule has 1 N–H and O–H groups in total. The molecule has 0 aromatic carbocycles. The number of hydrogen-bond donors (Lipinski definition) is 1. The smallest absolute Gasteiger partial charge is 0.230 e. The van der Waals surface area contributed by atoms with Crippen LogP contribution in [0.15, 0.2) is 6.07 Å². The molecule has 0 fully saturated rings. The molecule has 1 heterocycles. The molecule has 0 unspecified atom stereocenters. The van der Waals surface area contributed by atoms with E-state index in [-0.39, 0.29) is 16.3 Å². The molecule has 0 aliphatic carbocycles. The fourth-order valence-electron chi connectivity index (χ4n) is 0.632. The van der Waals surface area contributed by atoms with Crippen LogP contribution in [0.1, 0.15) is 0 Å². The Morgan fingerprint density at radius 3 is 2.46 bits per heavy atom. The topological polar surface area (TPSA) is 72.0 Å². The summed E-state index contributed by atoms with van der Waals surface area (Å²) in [5.41, 5.74) is 0. The number of halogens is 2. The van der Waals surface area contributed by atoms with Crippen molar-refractivity contribution in [1.82, 2.24) is 9.97 Å². The second kappa shape index (κ2) is 3.65. The van der Waals surface area contributed by atoms with Gasteiger partial charge in [0.25, 0.3) is 0 Å². The highest BCUT2D eigenvalue weighted by Crippen LogP contribution is 2.14. The lowest BCUT2D eigenvalue weighted by Crippen LogP contribution is -2.11. The Hall–Kier alpha value is -0.590. The summed E-state index contributed by atoms with van der Waals surface area (Å²) in [6, 6.07) is 1.26. The summed E-state index contributed by atoms with van der Waals surface area (Å²) in [7, 11) is -3.37. The predicted molar refractivity (Wildman–Crippen MR) is 50.5 cm³/mol. The van der Waals surface area contributed by atoms with Crippen LogP contribution >= 0.6 is 23.2 Å². The monoisotopic (exact) mass is 241 g/mol. The lowest BCUT2D eigenvalue weighted by atomic mass is 10.6. The van der Waals surface area contributed by atoms with Crippen LogP contribution in [0, 0.1) is 0 Å². The van der Waals surface area contributed by atoms with E-state index < -0.39 is 10.0 Å². The molecule has 5 nitrogen and oxygen atoms in total. The SMILES string of the molecule is CS(=O)(=O)Nc1cc(Cl)nc(Cl)n1. The van der Waals surface area contributed by atoms with E-state index in [2.05, 4.69) is 14.7 Å². The molecule has 0 saturated carbocycles. The Morgan fingerprint density at radius 2 is 2.00 bits per heavy atom. The minimum absolute atomic E-state index is 0.0486. The van der Waals surface area contributed by atoms with E-state index >= 15 is 0 Å². The lowest BCUT2D eigenvalue weighted by molar-refractivity contribution is 0.606. The Morgan fingerprint density at radius 1 is 1.38 bits per heavy atom. The number of sulfonamides is 1. The first-order valence-corrected chi connectivity index (χ1v) is 5.69. The quantitative estimate of drug-likeness (QED) is 0.623. The molecule has 1 aromatic rings.